The second-order valence-electron chi connectivity index (χ2n) is 2.19. The summed E-state index contributed by atoms with van der Waals surface area (Å²) in [6.07, 6.45) is 0. The fourth-order valence-electron chi connectivity index (χ4n) is 0.759. The van der Waals surface area contributed by atoms with E-state index < -0.39 is 11.7 Å². The van der Waals surface area contributed by atoms with Gasteiger partial charge in [-0.1, -0.05) is 0 Å². The van der Waals surface area contributed by atoms with E-state index in [-0.39, 0.29) is 0 Å². The van der Waals surface area contributed by atoms with Crippen molar-refractivity contribution in [3.63, 3.8) is 0 Å². The molecule has 0 saturated carbocycles. The van der Waals surface area contributed by atoms with E-state index in [0.29, 0.717) is 10.0 Å². The Morgan fingerprint density at radius 3 is 2.46 bits per heavy atom. The maximum absolute atomic E-state index is 11.4. The maximum atomic E-state index is 11.4. The van der Waals surface area contributed by atoms with E-state index in [1.165, 1.54) is 11.3 Å². The Labute approximate surface area is 87.3 Å². The number of Topliss-reactive ketones (excluding diaryl/α,β-unsaturated/α-hetero) is 1. The van der Waals surface area contributed by atoms with Crippen molar-refractivity contribution in [2.45, 2.75) is 0 Å². The molecule has 0 aliphatic heterocycles. The van der Waals surface area contributed by atoms with E-state index in [2.05, 4.69) is 15.9 Å². The van der Waals surface area contributed by atoms with Crippen molar-refractivity contribution >= 4 is 33.0 Å². The number of hydrogen-bond acceptors (Lipinski definition) is 4. The molecule has 0 radical (unpaired) electrons. The predicted molar refractivity (Wildman–Crippen MR) is 51.1 cm³/mol. The number of rotatable bonds is 2. The van der Waals surface area contributed by atoms with Crippen LogP contribution >= 0.6 is 27.3 Å². The number of hydrogen-bond donors (Lipinski definition) is 0. The Balaban J connectivity index is 3.01. The van der Waals surface area contributed by atoms with Crippen molar-refractivity contribution in [2.24, 2.45) is 5.92 Å². The number of halogens is 1. The summed E-state index contributed by atoms with van der Waals surface area (Å²) in [5.41, 5.74) is 0.401. The highest BCUT2D eigenvalue weighted by Gasteiger charge is 2.21. The SMILES string of the molecule is N#CC(C#N)C(=O)c1cscc1Br. The number of thiophene rings is 1. The summed E-state index contributed by atoms with van der Waals surface area (Å²) in [4.78, 5) is 11.4. The van der Waals surface area contributed by atoms with Gasteiger partial charge in [0.25, 0.3) is 0 Å². The second kappa shape index (κ2) is 4.18. The van der Waals surface area contributed by atoms with Crippen LogP contribution in [0.1, 0.15) is 10.4 Å². The Kier molecular flexibility index (Phi) is 3.18. The molecule has 0 aliphatic rings. The molecule has 1 rings (SSSR count). The number of carbonyl (C=O) groups is 1. The first-order chi connectivity index (χ1) is 6.20. The predicted octanol–water partition coefficient (Wildman–Crippen LogP) is 2.36. The van der Waals surface area contributed by atoms with Crippen molar-refractivity contribution in [3.8, 4) is 12.1 Å². The van der Waals surface area contributed by atoms with Gasteiger partial charge in [-0.3, -0.25) is 4.79 Å². The van der Waals surface area contributed by atoms with Gasteiger partial charge in [0, 0.05) is 20.8 Å². The van der Waals surface area contributed by atoms with Crippen LogP contribution in [0.5, 0.6) is 0 Å². The van der Waals surface area contributed by atoms with Gasteiger partial charge in [-0.05, 0) is 15.9 Å². The van der Waals surface area contributed by atoms with Crippen molar-refractivity contribution < 1.29 is 4.79 Å². The molecule has 0 saturated heterocycles. The fourth-order valence-corrected chi connectivity index (χ4v) is 2.24. The van der Waals surface area contributed by atoms with Crippen LogP contribution in [0, 0.1) is 28.6 Å². The van der Waals surface area contributed by atoms with Crippen molar-refractivity contribution in [1.29, 1.82) is 10.5 Å². The normalized spacial score (nSPS) is 9.23. The van der Waals surface area contributed by atoms with E-state index in [0.717, 1.165) is 0 Å². The van der Waals surface area contributed by atoms with Gasteiger partial charge in [0.05, 0.1) is 12.1 Å². The first-order valence-electron chi connectivity index (χ1n) is 3.26. The molecule has 1 aromatic heterocycles. The molecule has 0 fully saturated rings. The van der Waals surface area contributed by atoms with Crippen LogP contribution in [0.25, 0.3) is 0 Å². The average molecular weight is 255 g/mol. The van der Waals surface area contributed by atoms with Crippen LogP contribution in [-0.2, 0) is 0 Å². The van der Waals surface area contributed by atoms with Crippen molar-refractivity contribution in [2.75, 3.05) is 0 Å². The molecule has 0 N–H and O–H groups in total. The molecule has 0 aliphatic carbocycles. The van der Waals surface area contributed by atoms with Gasteiger partial charge in [0.1, 0.15) is 0 Å². The van der Waals surface area contributed by atoms with Crippen LogP contribution in [0.3, 0.4) is 0 Å². The zero-order valence-corrected chi connectivity index (χ0v) is 8.72. The number of ketones is 1. The van der Waals surface area contributed by atoms with E-state index in [1.807, 2.05) is 0 Å². The molecule has 13 heavy (non-hydrogen) atoms. The highest BCUT2D eigenvalue weighted by Crippen LogP contribution is 2.23. The molecule has 3 nitrogen and oxygen atoms in total. The Bertz CT molecular complexity index is 399. The van der Waals surface area contributed by atoms with E-state index in [9.17, 15) is 4.79 Å². The Morgan fingerprint density at radius 2 is 2.08 bits per heavy atom. The van der Waals surface area contributed by atoms with E-state index >= 15 is 0 Å². The highest BCUT2D eigenvalue weighted by molar-refractivity contribution is 9.10. The topological polar surface area (TPSA) is 64.7 Å². The lowest BCUT2D eigenvalue weighted by molar-refractivity contribution is 0.0970. The van der Waals surface area contributed by atoms with Crippen molar-refractivity contribution in [1.82, 2.24) is 0 Å². The van der Waals surface area contributed by atoms with Gasteiger partial charge in [-0.15, -0.1) is 0 Å². The highest BCUT2D eigenvalue weighted by atomic mass is 79.9. The van der Waals surface area contributed by atoms with Gasteiger partial charge in [0.15, 0.2) is 11.7 Å². The first kappa shape index (κ1) is 9.91. The summed E-state index contributed by atoms with van der Waals surface area (Å²) in [5, 5.41) is 20.3. The van der Waals surface area contributed by atoms with Gasteiger partial charge >= 0.3 is 0 Å². The quantitative estimate of drug-likeness (QED) is 0.762. The van der Waals surface area contributed by atoms with Crippen LogP contribution in [-0.4, -0.2) is 5.78 Å². The van der Waals surface area contributed by atoms with Crippen LogP contribution in [0.2, 0.25) is 0 Å². The summed E-state index contributed by atoms with van der Waals surface area (Å²) in [7, 11) is 0. The van der Waals surface area contributed by atoms with Gasteiger partial charge in [0.2, 0.25) is 0 Å². The largest absolute Gasteiger partial charge is 0.291 e. The van der Waals surface area contributed by atoms with Gasteiger partial charge in [-0.2, -0.15) is 21.9 Å². The molecule has 0 atom stereocenters. The lowest BCUT2D eigenvalue weighted by Crippen LogP contribution is -2.10. The minimum absolute atomic E-state index is 0.401. The van der Waals surface area contributed by atoms with Gasteiger partial charge in [-0.25, -0.2) is 0 Å². The Morgan fingerprint density at radius 1 is 1.46 bits per heavy atom. The van der Waals surface area contributed by atoms with Crippen LogP contribution < -0.4 is 0 Å². The summed E-state index contributed by atoms with van der Waals surface area (Å²) in [5.74, 6) is -1.65. The molecule has 64 valence electrons. The third-order valence-corrected chi connectivity index (χ3v) is 3.10. The molecule has 1 heterocycles. The third kappa shape index (κ3) is 1.95. The summed E-state index contributed by atoms with van der Waals surface area (Å²) in [6, 6.07) is 3.28. The van der Waals surface area contributed by atoms with Crippen LogP contribution in [0.4, 0.5) is 0 Å². The molecular weight excluding hydrogens is 252 g/mol. The molecule has 5 heteroatoms. The molecule has 0 unspecified atom stereocenters. The smallest absolute Gasteiger partial charge is 0.196 e. The second-order valence-corrected chi connectivity index (χ2v) is 3.79. The van der Waals surface area contributed by atoms with Crippen LogP contribution in [0.15, 0.2) is 15.2 Å². The maximum Gasteiger partial charge on any atom is 0.196 e. The molecule has 0 aromatic carbocycles. The van der Waals surface area contributed by atoms with Gasteiger partial charge < -0.3 is 0 Å². The van der Waals surface area contributed by atoms with Crippen molar-refractivity contribution in [3.05, 3.63) is 20.8 Å². The fraction of sp³-hybridized carbons (Fsp3) is 0.125. The summed E-state index contributed by atoms with van der Waals surface area (Å²) < 4.78 is 0.637. The monoisotopic (exact) mass is 254 g/mol. The Hall–Kier alpha value is -1.17. The third-order valence-electron chi connectivity index (χ3n) is 1.40. The van der Waals surface area contributed by atoms with E-state index in [1.54, 1.807) is 22.9 Å². The molecule has 0 amide bonds. The first-order valence-corrected chi connectivity index (χ1v) is 4.99. The molecule has 0 bridgehead atoms. The number of carbonyl (C=O) groups excluding carboxylic acids is 1. The average Bonchev–Trinajstić information content (AvgIpc) is 2.53. The van der Waals surface area contributed by atoms with E-state index in [4.69, 9.17) is 10.5 Å². The minimum Gasteiger partial charge on any atom is -0.291 e. The minimum atomic E-state index is -1.20. The molecule has 1 aromatic rings. The molecular formula is C8H3BrN2OS. The zero-order chi connectivity index (χ0) is 9.84. The molecule has 0 spiro atoms. The zero-order valence-electron chi connectivity index (χ0n) is 6.32. The number of nitrogens with zero attached hydrogens (tertiary/aromatic N) is 2. The number of nitriles is 2. The standard InChI is InChI=1S/C8H3BrN2OS/c9-7-4-13-3-6(7)8(12)5(1-10)2-11/h3-5H. The lowest BCUT2D eigenvalue weighted by atomic mass is 10.0. The lowest BCUT2D eigenvalue weighted by Gasteiger charge is -1.96. The summed E-state index contributed by atoms with van der Waals surface area (Å²) in [6.45, 7) is 0. The summed E-state index contributed by atoms with van der Waals surface area (Å²) >= 11 is 4.51.